The standard InChI is InChI=1S/C11H11N5O3S/c17-10(8-3-6(4-13-8)16(18)19)15-11-14-7-1-2-12-5-9(7)20-11/h3-4,12-13H,1-2,5H2,(H,14,15,17). The summed E-state index contributed by atoms with van der Waals surface area (Å²) in [6.07, 6.45) is 2.03. The molecule has 0 aliphatic carbocycles. The van der Waals surface area contributed by atoms with Crippen molar-refractivity contribution >= 4 is 28.1 Å². The van der Waals surface area contributed by atoms with Gasteiger partial charge in [0.05, 0.1) is 16.8 Å². The summed E-state index contributed by atoms with van der Waals surface area (Å²) >= 11 is 1.42. The summed E-state index contributed by atoms with van der Waals surface area (Å²) in [6.45, 7) is 1.64. The van der Waals surface area contributed by atoms with Crippen LogP contribution in [0.1, 0.15) is 21.1 Å². The third kappa shape index (κ3) is 2.40. The van der Waals surface area contributed by atoms with Gasteiger partial charge in [0.2, 0.25) is 0 Å². The zero-order valence-corrected chi connectivity index (χ0v) is 11.1. The molecule has 20 heavy (non-hydrogen) atoms. The first-order valence-corrected chi connectivity index (χ1v) is 6.78. The highest BCUT2D eigenvalue weighted by Gasteiger charge is 2.18. The number of carbonyl (C=O) groups excluding carboxylic acids is 1. The van der Waals surface area contributed by atoms with Crippen LogP contribution in [0.15, 0.2) is 12.3 Å². The molecule has 3 N–H and O–H groups in total. The minimum absolute atomic E-state index is 0.141. The number of carbonyl (C=O) groups is 1. The van der Waals surface area contributed by atoms with E-state index >= 15 is 0 Å². The van der Waals surface area contributed by atoms with E-state index in [4.69, 9.17) is 0 Å². The van der Waals surface area contributed by atoms with Gasteiger partial charge < -0.3 is 10.3 Å². The van der Waals surface area contributed by atoms with Crippen LogP contribution in [0.25, 0.3) is 0 Å². The predicted octanol–water partition coefficient (Wildman–Crippen LogP) is 1.28. The largest absolute Gasteiger partial charge is 0.351 e. The summed E-state index contributed by atoms with van der Waals surface area (Å²) < 4.78 is 0. The van der Waals surface area contributed by atoms with Gasteiger partial charge in [0.15, 0.2) is 5.13 Å². The smallest absolute Gasteiger partial charge is 0.287 e. The number of nitrogens with one attached hydrogen (secondary N) is 3. The van der Waals surface area contributed by atoms with Crippen LogP contribution in [0.2, 0.25) is 0 Å². The fourth-order valence-corrected chi connectivity index (χ4v) is 2.94. The van der Waals surface area contributed by atoms with Crippen molar-refractivity contribution in [2.75, 3.05) is 11.9 Å². The fourth-order valence-electron chi connectivity index (χ4n) is 1.96. The average molecular weight is 293 g/mol. The van der Waals surface area contributed by atoms with Gasteiger partial charge in [-0.3, -0.25) is 20.2 Å². The molecule has 1 aliphatic heterocycles. The van der Waals surface area contributed by atoms with E-state index in [1.165, 1.54) is 23.6 Å². The van der Waals surface area contributed by atoms with Gasteiger partial charge in [-0.15, -0.1) is 11.3 Å². The molecule has 0 saturated heterocycles. The van der Waals surface area contributed by atoms with E-state index in [9.17, 15) is 14.9 Å². The maximum Gasteiger partial charge on any atom is 0.287 e. The molecule has 1 aliphatic rings. The average Bonchev–Trinajstić information content (AvgIpc) is 3.04. The van der Waals surface area contributed by atoms with Gasteiger partial charge in [-0.2, -0.15) is 0 Å². The number of H-pyrrole nitrogens is 1. The zero-order chi connectivity index (χ0) is 14.1. The van der Waals surface area contributed by atoms with Crippen LogP contribution in [0.4, 0.5) is 10.8 Å². The van der Waals surface area contributed by atoms with Crippen molar-refractivity contribution in [2.24, 2.45) is 0 Å². The lowest BCUT2D eigenvalue weighted by Gasteiger charge is -2.09. The Kier molecular flexibility index (Phi) is 3.20. The molecule has 1 amide bonds. The topological polar surface area (TPSA) is 113 Å². The number of fused-ring (bicyclic) bond motifs is 1. The molecule has 3 heterocycles. The number of rotatable bonds is 3. The Morgan fingerprint density at radius 1 is 1.55 bits per heavy atom. The van der Waals surface area contributed by atoms with Crippen LogP contribution >= 0.6 is 11.3 Å². The Morgan fingerprint density at radius 2 is 2.40 bits per heavy atom. The maximum atomic E-state index is 11.9. The monoisotopic (exact) mass is 293 g/mol. The van der Waals surface area contributed by atoms with Gasteiger partial charge >= 0.3 is 0 Å². The molecule has 104 valence electrons. The van der Waals surface area contributed by atoms with Crippen molar-refractivity contribution in [3.05, 3.63) is 38.6 Å². The number of nitrogens with zero attached hydrogens (tertiary/aromatic N) is 2. The third-order valence-corrected chi connectivity index (χ3v) is 3.96. The fraction of sp³-hybridized carbons (Fsp3) is 0.273. The molecule has 2 aromatic heterocycles. The Labute approximate surface area is 117 Å². The SMILES string of the molecule is O=C(Nc1nc2c(s1)CNCC2)c1cc([N+](=O)[O-])c[nH]1. The Balaban J connectivity index is 1.74. The minimum atomic E-state index is -0.555. The molecule has 0 saturated carbocycles. The highest BCUT2D eigenvalue weighted by atomic mass is 32.1. The molecule has 0 radical (unpaired) electrons. The van der Waals surface area contributed by atoms with E-state index in [1.807, 2.05) is 0 Å². The van der Waals surface area contributed by atoms with Gasteiger partial charge in [-0.25, -0.2) is 4.98 Å². The van der Waals surface area contributed by atoms with Gasteiger partial charge in [0.25, 0.3) is 11.6 Å². The van der Waals surface area contributed by atoms with E-state index in [0.29, 0.717) is 5.13 Å². The first-order chi connectivity index (χ1) is 9.63. The molecule has 3 rings (SSSR count). The van der Waals surface area contributed by atoms with Gasteiger partial charge in [0.1, 0.15) is 5.69 Å². The molecule has 8 nitrogen and oxygen atoms in total. The number of amides is 1. The second kappa shape index (κ2) is 5.02. The summed E-state index contributed by atoms with van der Waals surface area (Å²) in [7, 11) is 0. The molecule has 0 fully saturated rings. The number of thiazole rings is 1. The van der Waals surface area contributed by atoms with Crippen LogP contribution in [-0.4, -0.2) is 27.3 Å². The molecular weight excluding hydrogens is 282 g/mol. The number of nitro groups is 1. The summed E-state index contributed by atoms with van der Waals surface area (Å²) in [6, 6.07) is 1.20. The highest BCUT2D eigenvalue weighted by molar-refractivity contribution is 7.15. The lowest BCUT2D eigenvalue weighted by atomic mass is 10.2. The minimum Gasteiger partial charge on any atom is -0.351 e. The Bertz CT molecular complexity index is 654. The molecule has 0 spiro atoms. The van der Waals surface area contributed by atoms with E-state index < -0.39 is 10.8 Å². The van der Waals surface area contributed by atoms with Gasteiger partial charge in [-0.1, -0.05) is 0 Å². The Hall–Kier alpha value is -2.26. The summed E-state index contributed by atoms with van der Waals surface area (Å²) in [5.74, 6) is -0.433. The second-order valence-electron chi connectivity index (χ2n) is 4.30. The van der Waals surface area contributed by atoms with Crippen LogP contribution in [0.3, 0.4) is 0 Å². The first kappa shape index (κ1) is 12.8. The zero-order valence-electron chi connectivity index (χ0n) is 10.3. The third-order valence-electron chi connectivity index (χ3n) is 2.95. The first-order valence-electron chi connectivity index (χ1n) is 5.97. The molecule has 2 aromatic rings. The molecule has 0 aromatic carbocycles. The summed E-state index contributed by atoms with van der Waals surface area (Å²) in [4.78, 5) is 30.0. The van der Waals surface area contributed by atoms with Crippen LogP contribution < -0.4 is 10.6 Å². The Morgan fingerprint density at radius 3 is 3.10 bits per heavy atom. The van der Waals surface area contributed by atoms with Crippen molar-refractivity contribution < 1.29 is 9.72 Å². The van der Waals surface area contributed by atoms with Gasteiger partial charge in [-0.05, 0) is 0 Å². The van der Waals surface area contributed by atoms with Crippen molar-refractivity contribution in [3.63, 3.8) is 0 Å². The second-order valence-corrected chi connectivity index (χ2v) is 5.38. The normalized spacial score (nSPS) is 13.8. The van der Waals surface area contributed by atoms with Crippen molar-refractivity contribution in [2.45, 2.75) is 13.0 Å². The number of aromatic nitrogens is 2. The lowest BCUT2D eigenvalue weighted by Crippen LogP contribution is -2.22. The van der Waals surface area contributed by atoms with E-state index in [0.717, 1.165) is 30.1 Å². The quantitative estimate of drug-likeness (QED) is 0.582. The van der Waals surface area contributed by atoms with Crippen LogP contribution in [0, 0.1) is 10.1 Å². The maximum absolute atomic E-state index is 11.9. The predicted molar refractivity (Wildman–Crippen MR) is 72.9 cm³/mol. The van der Waals surface area contributed by atoms with Crippen LogP contribution in [-0.2, 0) is 13.0 Å². The summed E-state index contributed by atoms with van der Waals surface area (Å²) in [5.41, 5.74) is 1.00. The number of hydrogen-bond acceptors (Lipinski definition) is 6. The summed E-state index contributed by atoms with van der Waals surface area (Å²) in [5, 5.41) is 17.0. The lowest BCUT2D eigenvalue weighted by molar-refractivity contribution is -0.384. The molecule has 0 atom stereocenters. The van der Waals surface area contributed by atoms with Crippen molar-refractivity contribution in [3.8, 4) is 0 Å². The van der Waals surface area contributed by atoms with Crippen molar-refractivity contribution in [1.82, 2.24) is 15.3 Å². The van der Waals surface area contributed by atoms with E-state index in [-0.39, 0.29) is 11.4 Å². The number of hydrogen-bond donors (Lipinski definition) is 3. The number of anilines is 1. The molecular formula is C11H11N5O3S. The number of aromatic amines is 1. The molecule has 0 unspecified atom stereocenters. The van der Waals surface area contributed by atoms with Crippen molar-refractivity contribution in [1.29, 1.82) is 0 Å². The van der Waals surface area contributed by atoms with Gasteiger partial charge in [0, 0.05) is 30.5 Å². The molecule has 0 bridgehead atoms. The molecule has 9 heteroatoms. The highest BCUT2D eigenvalue weighted by Crippen LogP contribution is 2.25. The van der Waals surface area contributed by atoms with E-state index in [2.05, 4.69) is 20.6 Å². The van der Waals surface area contributed by atoms with E-state index in [1.54, 1.807) is 0 Å². The van der Waals surface area contributed by atoms with Crippen LogP contribution in [0.5, 0.6) is 0 Å².